The van der Waals surface area contributed by atoms with E-state index in [1.54, 1.807) is 0 Å². The molecule has 0 saturated carbocycles. The van der Waals surface area contributed by atoms with Crippen molar-refractivity contribution in [2.75, 3.05) is 25.7 Å². The van der Waals surface area contributed by atoms with E-state index in [0.29, 0.717) is 13.2 Å². The third-order valence-corrected chi connectivity index (χ3v) is 12.9. The molecule has 0 heterocycles. The van der Waals surface area contributed by atoms with Gasteiger partial charge in [-0.05, 0) is 38.7 Å². The van der Waals surface area contributed by atoms with E-state index in [1.807, 2.05) is 13.8 Å². The maximum absolute atomic E-state index is 6.46. The monoisotopic (exact) mass is 337 g/mol. The highest BCUT2D eigenvalue weighted by molar-refractivity contribution is 8.50. The predicted octanol–water partition coefficient (Wildman–Crippen LogP) is 3.52. The van der Waals surface area contributed by atoms with Crippen LogP contribution < -0.4 is 0 Å². The highest BCUT2D eigenvalue weighted by atomic mass is 32.4. The highest BCUT2D eigenvalue weighted by Gasteiger charge is 2.52. The summed E-state index contributed by atoms with van der Waals surface area (Å²) in [5.41, 5.74) is 0.0669. The quantitative estimate of drug-likeness (QED) is 0.634. The first-order valence-corrected chi connectivity index (χ1v) is 12.9. The zero-order chi connectivity index (χ0) is 16.2. The van der Waals surface area contributed by atoms with Crippen molar-refractivity contribution >= 4 is 27.7 Å². The lowest BCUT2D eigenvalue weighted by Crippen LogP contribution is -2.59. The van der Waals surface area contributed by atoms with Gasteiger partial charge in [-0.25, -0.2) is 0 Å². The second-order valence-electron chi connectivity index (χ2n) is 6.64. The lowest BCUT2D eigenvalue weighted by atomic mass is 9.91. The van der Waals surface area contributed by atoms with Gasteiger partial charge < -0.3 is 13.3 Å². The van der Waals surface area contributed by atoms with Crippen molar-refractivity contribution in [3.63, 3.8) is 0 Å². The molecule has 0 fully saturated rings. The molecule has 0 aromatic rings. The molecular weight excluding hydrogens is 304 g/mol. The third kappa shape index (κ3) is 5.81. The van der Waals surface area contributed by atoms with Gasteiger partial charge in [-0.15, -0.1) is 0 Å². The molecule has 121 valence electrons. The summed E-state index contributed by atoms with van der Waals surface area (Å²) in [5, 5.41) is 0. The van der Waals surface area contributed by atoms with Crippen LogP contribution in [0.3, 0.4) is 0 Å². The lowest BCUT2D eigenvalue weighted by molar-refractivity contribution is -0.00291. The van der Waals surface area contributed by atoms with Gasteiger partial charge in [0.15, 0.2) is 0 Å². The summed E-state index contributed by atoms with van der Waals surface area (Å²) in [5.74, 6) is 0. The zero-order valence-corrected chi connectivity index (χ0v) is 17.5. The predicted molar refractivity (Wildman–Crippen MR) is 93.7 cm³/mol. The van der Waals surface area contributed by atoms with E-state index < -0.39 is 18.3 Å². The summed E-state index contributed by atoms with van der Waals surface area (Å²) in [6.07, 6.45) is 4.53. The Morgan fingerprint density at radius 3 is 1.70 bits per heavy atom. The van der Waals surface area contributed by atoms with Crippen LogP contribution in [0.4, 0.5) is 0 Å². The van der Waals surface area contributed by atoms with E-state index in [9.17, 15) is 0 Å². The second-order valence-corrected chi connectivity index (χ2v) is 16.6. The van der Waals surface area contributed by atoms with Crippen LogP contribution in [-0.2, 0) is 13.3 Å². The minimum absolute atomic E-state index is 0.0669. The SMILES string of the molecule is CCO[Si](OCC)(OC(C)C(C)(C)C)C(C)S(C)(C)[Si]. The smallest absolute Gasteiger partial charge is 0.373 e. The fraction of sp³-hybridized carbons (Fsp3) is 1.00. The Bertz CT molecular complexity index is 281. The van der Waals surface area contributed by atoms with Crippen LogP contribution in [0.15, 0.2) is 0 Å². The van der Waals surface area contributed by atoms with Gasteiger partial charge in [0.1, 0.15) is 0 Å². The van der Waals surface area contributed by atoms with Crippen molar-refractivity contribution in [3.8, 4) is 0 Å². The van der Waals surface area contributed by atoms with Crippen LogP contribution in [-0.4, -0.2) is 54.9 Å². The fourth-order valence-corrected chi connectivity index (χ4v) is 8.92. The highest BCUT2D eigenvalue weighted by Crippen LogP contribution is 2.46. The van der Waals surface area contributed by atoms with Gasteiger partial charge in [0.2, 0.25) is 0 Å². The number of hydrogen-bond donors (Lipinski definition) is 0. The summed E-state index contributed by atoms with van der Waals surface area (Å²) >= 11 is 0. The molecule has 3 nitrogen and oxygen atoms in total. The maximum Gasteiger partial charge on any atom is 0.512 e. The van der Waals surface area contributed by atoms with E-state index >= 15 is 0 Å². The second kappa shape index (κ2) is 7.78. The van der Waals surface area contributed by atoms with E-state index in [2.05, 4.69) is 56.5 Å². The molecule has 0 aliphatic carbocycles. The van der Waals surface area contributed by atoms with E-state index in [1.165, 1.54) is 0 Å². The standard InChI is InChI=1S/C14H33O3SSi2/c1-10-15-20(16-11-2,13(4)18(8,9)19)17-12(3)14(5,6)7/h12-13H,10-11H2,1-9H3. The van der Waals surface area contributed by atoms with Gasteiger partial charge in [-0.1, -0.05) is 27.7 Å². The first kappa shape index (κ1) is 20.7. The maximum atomic E-state index is 6.46. The molecule has 6 heteroatoms. The van der Waals surface area contributed by atoms with Crippen LogP contribution in [0.5, 0.6) is 0 Å². The first-order valence-electron chi connectivity index (χ1n) is 7.33. The van der Waals surface area contributed by atoms with Crippen LogP contribution >= 0.6 is 9.48 Å². The normalized spacial score (nSPS) is 17.9. The largest absolute Gasteiger partial charge is 0.512 e. The van der Waals surface area contributed by atoms with Crippen molar-refractivity contribution in [1.29, 1.82) is 0 Å². The van der Waals surface area contributed by atoms with Crippen LogP contribution in [0.2, 0.25) is 0 Å². The van der Waals surface area contributed by atoms with Gasteiger partial charge in [-0.2, -0.15) is 0 Å². The average Bonchev–Trinajstić information content (AvgIpc) is 2.25. The molecule has 0 bridgehead atoms. The minimum Gasteiger partial charge on any atom is -0.373 e. The van der Waals surface area contributed by atoms with Crippen molar-refractivity contribution in [1.82, 2.24) is 0 Å². The Kier molecular flexibility index (Phi) is 8.04. The van der Waals surface area contributed by atoms with Crippen molar-refractivity contribution in [2.45, 2.75) is 59.4 Å². The van der Waals surface area contributed by atoms with Crippen molar-refractivity contribution in [2.24, 2.45) is 5.41 Å². The summed E-state index contributed by atoms with van der Waals surface area (Å²) < 4.78 is 18.7. The molecule has 20 heavy (non-hydrogen) atoms. The molecule has 2 unspecified atom stereocenters. The van der Waals surface area contributed by atoms with Crippen LogP contribution in [0.25, 0.3) is 0 Å². The Morgan fingerprint density at radius 2 is 1.45 bits per heavy atom. The van der Waals surface area contributed by atoms with E-state index in [-0.39, 0.29) is 16.4 Å². The van der Waals surface area contributed by atoms with Crippen LogP contribution in [0, 0.1) is 5.41 Å². The molecule has 0 amide bonds. The zero-order valence-electron chi connectivity index (χ0n) is 14.7. The molecule has 0 spiro atoms. The number of rotatable bonds is 8. The summed E-state index contributed by atoms with van der Waals surface area (Å²) in [7, 11) is 0.172. The van der Waals surface area contributed by atoms with E-state index in [0.717, 1.165) is 0 Å². The van der Waals surface area contributed by atoms with Gasteiger partial charge in [0.05, 0.1) is 20.4 Å². The van der Waals surface area contributed by atoms with Gasteiger partial charge in [0, 0.05) is 13.2 Å². The summed E-state index contributed by atoms with van der Waals surface area (Å²) in [6.45, 7) is 16.1. The van der Waals surface area contributed by atoms with Crippen LogP contribution in [0.1, 0.15) is 48.5 Å². The molecule has 3 radical (unpaired) electrons. The van der Waals surface area contributed by atoms with Gasteiger partial charge >= 0.3 is 8.80 Å². The van der Waals surface area contributed by atoms with Crippen molar-refractivity contribution in [3.05, 3.63) is 0 Å². The third-order valence-electron chi connectivity index (χ3n) is 3.63. The molecule has 0 aliphatic rings. The Hall–Kier alpha value is 0.664. The average molecular weight is 338 g/mol. The Balaban J connectivity index is 5.42. The molecule has 0 rings (SSSR count). The van der Waals surface area contributed by atoms with Gasteiger partial charge in [0.25, 0.3) is 0 Å². The summed E-state index contributed by atoms with van der Waals surface area (Å²) in [6, 6.07) is 0. The molecule has 0 aliphatic heterocycles. The molecule has 0 aromatic carbocycles. The molecular formula is C14H33O3SSi2. The lowest BCUT2D eigenvalue weighted by Gasteiger charge is -2.45. The molecule has 0 N–H and O–H groups in total. The molecule has 0 saturated heterocycles. The molecule has 2 atom stereocenters. The van der Waals surface area contributed by atoms with Gasteiger partial charge in [-0.3, -0.25) is 9.48 Å². The summed E-state index contributed by atoms with van der Waals surface area (Å²) in [4.78, 5) is 0.247. The first-order chi connectivity index (χ1) is 8.90. The van der Waals surface area contributed by atoms with Crippen molar-refractivity contribution < 1.29 is 13.3 Å². The molecule has 0 aromatic heterocycles. The Labute approximate surface area is 131 Å². The number of hydrogen-bond acceptors (Lipinski definition) is 3. The van der Waals surface area contributed by atoms with E-state index in [4.69, 9.17) is 13.3 Å². The topological polar surface area (TPSA) is 27.7 Å². The minimum atomic E-state index is -2.72. The Morgan fingerprint density at radius 1 is 1.05 bits per heavy atom. The fourth-order valence-electron chi connectivity index (χ4n) is 1.63.